The van der Waals surface area contributed by atoms with Crippen molar-refractivity contribution in [2.75, 3.05) is 26.7 Å². The van der Waals surface area contributed by atoms with Crippen molar-refractivity contribution >= 4 is 17.6 Å². The van der Waals surface area contributed by atoms with Crippen molar-refractivity contribution in [2.24, 2.45) is 52.3 Å². The van der Waals surface area contributed by atoms with Crippen molar-refractivity contribution in [1.29, 1.82) is 0 Å². The summed E-state index contributed by atoms with van der Waals surface area (Å²) in [5.41, 5.74) is -0.190. The summed E-state index contributed by atoms with van der Waals surface area (Å²) in [5.74, 6) is 2.62. The van der Waals surface area contributed by atoms with Crippen LogP contribution in [-0.4, -0.2) is 73.2 Å². The summed E-state index contributed by atoms with van der Waals surface area (Å²) in [5, 5.41) is 6.30. The summed E-state index contributed by atoms with van der Waals surface area (Å²) in [4.78, 5) is 42.1. The van der Waals surface area contributed by atoms with Gasteiger partial charge >= 0.3 is 0 Å². The highest BCUT2D eigenvalue weighted by atomic mass is 16.7. The molecule has 44 heavy (non-hydrogen) atoms. The number of ketones is 1. The Morgan fingerprint density at radius 2 is 1.64 bits per heavy atom. The van der Waals surface area contributed by atoms with Crippen LogP contribution < -0.4 is 10.6 Å². The average Bonchev–Trinajstić information content (AvgIpc) is 3.43. The number of carbonyl (C=O) groups is 3. The minimum atomic E-state index is -0.493. The maximum atomic E-state index is 14.4. The molecule has 8 nitrogen and oxygen atoms in total. The van der Waals surface area contributed by atoms with Gasteiger partial charge in [-0.05, 0) is 113 Å². The molecule has 4 aliphatic carbocycles. The summed E-state index contributed by atoms with van der Waals surface area (Å²) in [6, 6.07) is 0.296. The first-order valence-electron chi connectivity index (χ1n) is 18.1. The average molecular weight is 612 g/mol. The fraction of sp³-hybridized carbons (Fsp3) is 0.917. The third-order valence-electron chi connectivity index (χ3n) is 14.6. The van der Waals surface area contributed by atoms with E-state index in [2.05, 4.69) is 50.3 Å². The molecule has 246 valence electrons. The topological polar surface area (TPSA) is 97.0 Å². The zero-order chi connectivity index (χ0) is 31.0. The number of fused-ring (bicyclic) bond motifs is 7. The van der Waals surface area contributed by atoms with Crippen molar-refractivity contribution in [2.45, 2.75) is 129 Å². The number of Topliss-reactive ketones (excluding diaryl/α,β-unsaturated/α-hetero) is 1. The van der Waals surface area contributed by atoms with Gasteiger partial charge in [-0.3, -0.25) is 14.4 Å². The standard InChI is InChI=1S/C36H57N3O5/c1-21-8-13-36(43-20-21)22(2)33-29(44-36)17-28-26-7-6-23-16-25(9-12-34(23,3)27(26)18-30(40)35(28,33)4)38-32(42)19-31(41)37-24-10-14-39(5)15-11-24/h21-29,33H,6-20H2,1-5H3,(H,37,41)(H,38,42)/t21-,22+,23+,25?,26-,27+,28+,29+,33+,34+,35-,36-/m1/s1. The Morgan fingerprint density at radius 3 is 2.34 bits per heavy atom. The summed E-state index contributed by atoms with van der Waals surface area (Å²) in [7, 11) is 2.10. The number of piperidine rings is 1. The smallest absolute Gasteiger partial charge is 0.229 e. The molecule has 0 aromatic rings. The van der Waals surface area contributed by atoms with Crippen LogP contribution in [0.4, 0.5) is 0 Å². The van der Waals surface area contributed by atoms with Gasteiger partial charge in [-0.15, -0.1) is 0 Å². The first-order valence-corrected chi connectivity index (χ1v) is 18.1. The van der Waals surface area contributed by atoms with Gasteiger partial charge in [0.15, 0.2) is 5.79 Å². The minimum absolute atomic E-state index is 0.0849. The second kappa shape index (κ2) is 11.3. The van der Waals surface area contributed by atoms with E-state index < -0.39 is 5.79 Å². The van der Waals surface area contributed by atoms with Crippen molar-refractivity contribution in [3.05, 3.63) is 0 Å². The Bertz CT molecular complexity index is 1140. The quantitative estimate of drug-likeness (QED) is 0.448. The molecule has 0 radical (unpaired) electrons. The molecule has 7 aliphatic rings. The van der Waals surface area contributed by atoms with E-state index in [1.165, 1.54) is 6.42 Å². The van der Waals surface area contributed by atoms with E-state index in [0.29, 0.717) is 41.8 Å². The Morgan fingerprint density at radius 1 is 0.909 bits per heavy atom. The highest BCUT2D eigenvalue weighted by Crippen LogP contribution is 2.70. The number of hydrogen-bond donors (Lipinski definition) is 2. The van der Waals surface area contributed by atoms with E-state index in [1.807, 2.05) is 0 Å². The molecule has 0 aromatic carbocycles. The molecule has 0 aromatic heterocycles. The van der Waals surface area contributed by atoms with Crippen LogP contribution in [0, 0.1) is 52.3 Å². The number of ether oxygens (including phenoxy) is 2. The first kappa shape index (κ1) is 31.1. The molecule has 1 spiro atoms. The zero-order valence-corrected chi connectivity index (χ0v) is 27.9. The highest BCUT2D eigenvalue weighted by Gasteiger charge is 2.71. The van der Waals surface area contributed by atoms with Gasteiger partial charge in [-0.2, -0.15) is 0 Å². The van der Waals surface area contributed by atoms with Crippen molar-refractivity contribution < 1.29 is 23.9 Å². The molecule has 7 rings (SSSR count). The molecule has 2 N–H and O–H groups in total. The van der Waals surface area contributed by atoms with Gasteiger partial charge in [-0.1, -0.05) is 27.7 Å². The lowest BCUT2D eigenvalue weighted by Gasteiger charge is -2.60. The predicted molar refractivity (Wildman–Crippen MR) is 167 cm³/mol. The molecule has 4 saturated carbocycles. The van der Waals surface area contributed by atoms with Crippen LogP contribution in [0.2, 0.25) is 0 Å². The van der Waals surface area contributed by atoms with E-state index in [-0.39, 0.29) is 59.1 Å². The van der Waals surface area contributed by atoms with E-state index in [9.17, 15) is 14.4 Å². The van der Waals surface area contributed by atoms with Gasteiger partial charge in [0.25, 0.3) is 0 Å². The Hall–Kier alpha value is -1.51. The summed E-state index contributed by atoms with van der Waals surface area (Å²) < 4.78 is 13.3. The molecule has 0 bridgehead atoms. The second-order valence-electron chi connectivity index (χ2n) is 16.9. The summed E-state index contributed by atoms with van der Waals surface area (Å²) in [6.45, 7) is 12.0. The number of hydrogen-bond acceptors (Lipinski definition) is 6. The number of likely N-dealkylation sites (tertiary alicyclic amines) is 1. The first-order chi connectivity index (χ1) is 20.9. The van der Waals surface area contributed by atoms with Crippen LogP contribution in [0.1, 0.15) is 105 Å². The van der Waals surface area contributed by atoms with Crippen LogP contribution in [0.25, 0.3) is 0 Å². The van der Waals surface area contributed by atoms with Crippen molar-refractivity contribution in [3.8, 4) is 0 Å². The van der Waals surface area contributed by atoms with Gasteiger partial charge in [0, 0.05) is 42.2 Å². The lowest BCUT2D eigenvalue weighted by atomic mass is 9.44. The number of rotatable bonds is 4. The highest BCUT2D eigenvalue weighted by molar-refractivity contribution is 5.97. The Balaban J connectivity index is 0.973. The number of amides is 2. The molecule has 3 heterocycles. The molecule has 12 atom stereocenters. The molecule has 1 unspecified atom stereocenters. The number of nitrogens with one attached hydrogen (secondary N) is 2. The second-order valence-corrected chi connectivity index (χ2v) is 16.9. The van der Waals surface area contributed by atoms with E-state index in [1.54, 1.807) is 0 Å². The zero-order valence-electron chi connectivity index (χ0n) is 27.9. The summed E-state index contributed by atoms with van der Waals surface area (Å²) >= 11 is 0. The van der Waals surface area contributed by atoms with Crippen molar-refractivity contribution in [3.63, 3.8) is 0 Å². The third-order valence-corrected chi connectivity index (χ3v) is 14.6. The monoisotopic (exact) mass is 611 g/mol. The van der Waals surface area contributed by atoms with E-state index in [0.717, 1.165) is 77.5 Å². The third kappa shape index (κ3) is 4.99. The minimum Gasteiger partial charge on any atom is -0.353 e. The van der Waals surface area contributed by atoms with E-state index >= 15 is 0 Å². The fourth-order valence-electron chi connectivity index (χ4n) is 11.9. The maximum absolute atomic E-state index is 14.4. The summed E-state index contributed by atoms with van der Waals surface area (Å²) in [6.07, 6.45) is 11.0. The van der Waals surface area contributed by atoms with Gasteiger partial charge in [-0.25, -0.2) is 0 Å². The van der Waals surface area contributed by atoms with Crippen LogP contribution >= 0.6 is 0 Å². The molecular formula is C36H57N3O5. The lowest BCUT2D eigenvalue weighted by Crippen LogP contribution is -2.59. The van der Waals surface area contributed by atoms with Crippen molar-refractivity contribution in [1.82, 2.24) is 15.5 Å². The van der Waals surface area contributed by atoms with E-state index in [4.69, 9.17) is 9.47 Å². The number of nitrogens with zero attached hydrogens (tertiary/aromatic N) is 1. The maximum Gasteiger partial charge on any atom is 0.229 e. The van der Waals surface area contributed by atoms with Gasteiger partial charge in [0.05, 0.1) is 12.7 Å². The SMILES string of the molecule is C[C@@H]1CC[C@@]2(OC1)O[C@H]1C[C@H]3[C@@H]4CC[C@H]5CC(NC(=O)CC(=O)NC6CCN(C)CC6)CC[C@]5(C)[C@H]4CC(=O)[C@]3(C)[C@H]1[C@@H]2C. The molecule has 3 aliphatic heterocycles. The van der Waals surface area contributed by atoms with Gasteiger partial charge in [0.1, 0.15) is 12.2 Å². The van der Waals surface area contributed by atoms with Crippen LogP contribution in [0.5, 0.6) is 0 Å². The molecular weight excluding hydrogens is 554 g/mol. The fourth-order valence-corrected chi connectivity index (χ4v) is 11.9. The van der Waals surface area contributed by atoms with Gasteiger partial charge in [0.2, 0.25) is 11.8 Å². The van der Waals surface area contributed by atoms with Gasteiger partial charge < -0.3 is 25.0 Å². The number of carbonyl (C=O) groups excluding carboxylic acids is 3. The molecule has 2 amide bonds. The normalized spacial score (nSPS) is 49.1. The lowest BCUT2D eigenvalue weighted by molar-refractivity contribution is -0.272. The Kier molecular flexibility index (Phi) is 8.01. The van der Waals surface area contributed by atoms with Crippen LogP contribution in [-0.2, 0) is 23.9 Å². The molecule has 8 heteroatoms. The van der Waals surface area contributed by atoms with Crippen LogP contribution in [0.3, 0.4) is 0 Å². The Labute approximate surface area is 264 Å². The molecule has 3 saturated heterocycles. The largest absolute Gasteiger partial charge is 0.353 e. The predicted octanol–water partition coefficient (Wildman–Crippen LogP) is 4.70. The van der Waals surface area contributed by atoms with Crippen LogP contribution in [0.15, 0.2) is 0 Å². The molecule has 7 fully saturated rings.